The van der Waals surface area contributed by atoms with E-state index in [1.807, 2.05) is 37.3 Å². The molecule has 2 aliphatic rings. The molecule has 0 spiro atoms. The van der Waals surface area contributed by atoms with E-state index in [-0.39, 0.29) is 17.7 Å². The zero-order chi connectivity index (χ0) is 20.6. The van der Waals surface area contributed by atoms with Gasteiger partial charge in [-0.1, -0.05) is 24.3 Å². The minimum Gasteiger partial charge on any atom is -0.495 e. The Morgan fingerprint density at radius 3 is 2.90 bits per heavy atom. The molecule has 1 unspecified atom stereocenters. The molecule has 154 valence electrons. The van der Waals surface area contributed by atoms with Gasteiger partial charge in [-0.2, -0.15) is 0 Å². The van der Waals surface area contributed by atoms with Gasteiger partial charge in [0.15, 0.2) is 5.78 Å². The summed E-state index contributed by atoms with van der Waals surface area (Å²) in [6, 6.07) is 5.75. The summed E-state index contributed by atoms with van der Waals surface area (Å²) in [7, 11) is 1.63. The lowest BCUT2D eigenvalue weighted by Crippen LogP contribution is -2.38. The van der Waals surface area contributed by atoms with Crippen molar-refractivity contribution >= 4 is 17.4 Å². The minimum atomic E-state index is -0.0936. The van der Waals surface area contributed by atoms with E-state index in [1.54, 1.807) is 19.4 Å². The molecule has 1 amide bonds. The number of para-hydroxylation sites is 1. The Kier molecular flexibility index (Phi) is 7.25. The van der Waals surface area contributed by atoms with Crippen LogP contribution in [0.5, 0.6) is 5.75 Å². The smallest absolute Gasteiger partial charge is 0.249 e. The number of ketones is 1. The van der Waals surface area contributed by atoms with Gasteiger partial charge >= 0.3 is 0 Å². The van der Waals surface area contributed by atoms with Crippen molar-refractivity contribution in [3.05, 3.63) is 59.3 Å². The molecule has 1 aromatic rings. The first-order valence-electron chi connectivity index (χ1n) is 10.0. The van der Waals surface area contributed by atoms with Crippen LogP contribution in [0.25, 0.3) is 0 Å². The van der Waals surface area contributed by atoms with Gasteiger partial charge in [0.25, 0.3) is 0 Å². The Morgan fingerprint density at radius 1 is 1.31 bits per heavy atom. The maximum Gasteiger partial charge on any atom is 0.249 e. The van der Waals surface area contributed by atoms with Gasteiger partial charge in [0.05, 0.1) is 12.8 Å². The van der Waals surface area contributed by atoms with Crippen molar-refractivity contribution in [2.75, 3.05) is 25.6 Å². The van der Waals surface area contributed by atoms with Gasteiger partial charge in [-0.3, -0.25) is 9.59 Å². The highest BCUT2D eigenvalue weighted by Crippen LogP contribution is 2.33. The van der Waals surface area contributed by atoms with Gasteiger partial charge in [0, 0.05) is 43.9 Å². The van der Waals surface area contributed by atoms with Crippen molar-refractivity contribution in [2.24, 2.45) is 0 Å². The van der Waals surface area contributed by atoms with Crippen molar-refractivity contribution < 1.29 is 19.1 Å². The van der Waals surface area contributed by atoms with E-state index in [9.17, 15) is 9.59 Å². The van der Waals surface area contributed by atoms with Crippen LogP contribution >= 0.6 is 0 Å². The van der Waals surface area contributed by atoms with E-state index in [0.717, 1.165) is 22.6 Å². The number of carbonyl (C=O) groups is 2. The average Bonchev–Trinajstić information content (AvgIpc) is 2.74. The molecule has 2 N–H and O–H groups in total. The van der Waals surface area contributed by atoms with Gasteiger partial charge < -0.3 is 20.1 Å². The van der Waals surface area contributed by atoms with Gasteiger partial charge in [0.1, 0.15) is 5.75 Å². The summed E-state index contributed by atoms with van der Waals surface area (Å²) in [6.45, 7) is 3.18. The van der Waals surface area contributed by atoms with Crippen LogP contribution in [-0.2, 0) is 20.7 Å². The summed E-state index contributed by atoms with van der Waals surface area (Å²) in [4.78, 5) is 24.3. The lowest BCUT2D eigenvalue weighted by molar-refractivity contribution is -0.118. The van der Waals surface area contributed by atoms with E-state index in [1.165, 1.54) is 0 Å². The van der Waals surface area contributed by atoms with E-state index in [4.69, 9.17) is 9.47 Å². The molecule has 0 saturated heterocycles. The van der Waals surface area contributed by atoms with Crippen LogP contribution in [0.2, 0.25) is 0 Å². The summed E-state index contributed by atoms with van der Waals surface area (Å²) < 4.78 is 10.9. The molecule has 29 heavy (non-hydrogen) atoms. The van der Waals surface area contributed by atoms with Crippen LogP contribution in [0.4, 0.5) is 5.69 Å². The standard InChI is InChI=1S/C23H28N2O4/c1-3-29-12-11-19(13-16-7-9-20(26)10-8-16)25-23(27)18-14-17-5-4-6-21(28-2)22(17)24-15-18/h4-9,15,19,24H,3,10-14H2,1-2H3,(H,25,27). The first-order valence-corrected chi connectivity index (χ1v) is 10.0. The Hall–Kier alpha value is -2.86. The molecule has 6 heteroatoms. The van der Waals surface area contributed by atoms with E-state index in [2.05, 4.69) is 10.6 Å². The molecule has 1 atom stereocenters. The Bertz CT molecular complexity index is 854. The SMILES string of the molecule is CCOCCC(CC1=CCC(=O)C=C1)NC(=O)C1=CNc2c(cccc2OC)C1. The second-order valence-electron chi connectivity index (χ2n) is 7.13. The number of methoxy groups -OCH3 is 1. The fourth-order valence-corrected chi connectivity index (χ4v) is 3.50. The maximum absolute atomic E-state index is 12.9. The van der Waals surface area contributed by atoms with E-state index < -0.39 is 0 Å². The lowest BCUT2D eigenvalue weighted by Gasteiger charge is -2.24. The molecule has 1 aliphatic carbocycles. The first kappa shape index (κ1) is 20.9. The second kappa shape index (κ2) is 10.1. The summed E-state index contributed by atoms with van der Waals surface area (Å²) in [5.41, 5.74) is 3.67. The maximum atomic E-state index is 12.9. The third-order valence-electron chi connectivity index (χ3n) is 5.08. The lowest BCUT2D eigenvalue weighted by atomic mass is 9.96. The fourth-order valence-electron chi connectivity index (χ4n) is 3.50. The zero-order valence-electron chi connectivity index (χ0n) is 17.0. The molecule has 1 heterocycles. The second-order valence-corrected chi connectivity index (χ2v) is 7.13. The molecule has 1 aromatic carbocycles. The van der Waals surface area contributed by atoms with Crippen LogP contribution in [0.3, 0.4) is 0 Å². The number of nitrogens with one attached hydrogen (secondary N) is 2. The van der Waals surface area contributed by atoms with Crippen molar-refractivity contribution in [3.63, 3.8) is 0 Å². The Labute approximate surface area is 171 Å². The number of hydrogen-bond donors (Lipinski definition) is 2. The molecule has 0 bridgehead atoms. The van der Waals surface area contributed by atoms with Crippen molar-refractivity contribution in [1.29, 1.82) is 0 Å². The predicted molar refractivity (Wildman–Crippen MR) is 113 cm³/mol. The molecule has 0 fully saturated rings. The number of carbonyl (C=O) groups excluding carboxylic acids is 2. The quantitative estimate of drug-likeness (QED) is 0.627. The average molecular weight is 396 g/mol. The fraction of sp³-hybridized carbons (Fsp3) is 0.391. The Balaban J connectivity index is 1.65. The Morgan fingerprint density at radius 2 is 2.17 bits per heavy atom. The molecule has 3 rings (SSSR count). The van der Waals surface area contributed by atoms with E-state index in [0.29, 0.717) is 44.5 Å². The van der Waals surface area contributed by atoms with Crippen LogP contribution in [0, 0.1) is 0 Å². The summed E-state index contributed by atoms with van der Waals surface area (Å²) in [5.74, 6) is 0.776. The first-order chi connectivity index (χ1) is 14.1. The van der Waals surface area contributed by atoms with Crippen LogP contribution in [0.15, 0.2) is 53.8 Å². The molecular formula is C23H28N2O4. The number of hydrogen-bond acceptors (Lipinski definition) is 5. The summed E-state index contributed by atoms with van der Waals surface area (Å²) in [6.07, 6.45) is 9.48. The normalized spacial score (nSPS) is 16.3. The molecule has 0 aromatic heterocycles. The minimum absolute atomic E-state index is 0.0641. The highest BCUT2D eigenvalue weighted by Gasteiger charge is 2.22. The number of rotatable bonds is 9. The summed E-state index contributed by atoms with van der Waals surface area (Å²) in [5, 5.41) is 6.34. The number of ether oxygens (including phenoxy) is 2. The third kappa shape index (κ3) is 5.57. The topological polar surface area (TPSA) is 76.7 Å². The number of fused-ring (bicyclic) bond motifs is 1. The van der Waals surface area contributed by atoms with Gasteiger partial charge in [-0.15, -0.1) is 0 Å². The van der Waals surface area contributed by atoms with Crippen molar-refractivity contribution in [2.45, 2.75) is 38.6 Å². The van der Waals surface area contributed by atoms with Crippen molar-refractivity contribution in [3.8, 4) is 5.75 Å². The van der Waals surface area contributed by atoms with Crippen molar-refractivity contribution in [1.82, 2.24) is 5.32 Å². The molecule has 1 aliphatic heterocycles. The third-order valence-corrected chi connectivity index (χ3v) is 5.08. The molecular weight excluding hydrogens is 368 g/mol. The van der Waals surface area contributed by atoms with E-state index >= 15 is 0 Å². The predicted octanol–water partition coefficient (Wildman–Crippen LogP) is 3.30. The molecule has 6 nitrogen and oxygen atoms in total. The number of anilines is 1. The number of benzene rings is 1. The molecule has 0 radical (unpaired) electrons. The highest BCUT2D eigenvalue weighted by atomic mass is 16.5. The number of allylic oxidation sites excluding steroid dienone is 3. The highest BCUT2D eigenvalue weighted by molar-refractivity contribution is 5.96. The van der Waals surface area contributed by atoms with Gasteiger partial charge in [-0.05, 0) is 43.0 Å². The monoisotopic (exact) mass is 396 g/mol. The van der Waals surface area contributed by atoms with Crippen LogP contribution < -0.4 is 15.4 Å². The largest absolute Gasteiger partial charge is 0.495 e. The van der Waals surface area contributed by atoms with Crippen LogP contribution in [0.1, 0.15) is 31.7 Å². The molecule has 0 saturated carbocycles. The zero-order valence-corrected chi connectivity index (χ0v) is 17.0. The van der Waals surface area contributed by atoms with Gasteiger partial charge in [0.2, 0.25) is 5.91 Å². The number of amides is 1. The van der Waals surface area contributed by atoms with Crippen LogP contribution in [-0.4, -0.2) is 38.1 Å². The van der Waals surface area contributed by atoms with Gasteiger partial charge in [-0.25, -0.2) is 0 Å². The summed E-state index contributed by atoms with van der Waals surface area (Å²) >= 11 is 0.